The van der Waals surface area contributed by atoms with Crippen molar-refractivity contribution < 1.29 is 9.59 Å². The molecule has 1 saturated heterocycles. The Morgan fingerprint density at radius 1 is 1.21 bits per heavy atom. The molecule has 0 aliphatic carbocycles. The lowest BCUT2D eigenvalue weighted by atomic mass is 9.92. The lowest BCUT2D eigenvalue weighted by Gasteiger charge is -2.30. The summed E-state index contributed by atoms with van der Waals surface area (Å²) in [5.41, 5.74) is 7.04. The summed E-state index contributed by atoms with van der Waals surface area (Å²) in [6, 6.07) is 4.75. The van der Waals surface area contributed by atoms with E-state index in [1.54, 1.807) is 12.1 Å². The molecule has 1 aromatic heterocycles. The number of nitrogen functional groups attached to an aromatic ring is 1. The van der Waals surface area contributed by atoms with Crippen molar-refractivity contribution in [3.05, 3.63) is 33.8 Å². The van der Waals surface area contributed by atoms with Gasteiger partial charge in [-0.2, -0.15) is 9.97 Å². The zero-order valence-corrected chi connectivity index (χ0v) is 17.1. The van der Waals surface area contributed by atoms with Gasteiger partial charge in [-0.3, -0.25) is 9.59 Å². The predicted molar refractivity (Wildman–Crippen MR) is 114 cm³/mol. The van der Waals surface area contributed by atoms with Gasteiger partial charge in [0.05, 0.1) is 22.2 Å². The quantitative estimate of drug-likeness (QED) is 0.681. The first-order chi connectivity index (χ1) is 13.9. The fraction of sp³-hybridized carbons (Fsp3) is 0.368. The van der Waals surface area contributed by atoms with E-state index < -0.39 is 11.8 Å². The zero-order valence-electron chi connectivity index (χ0n) is 15.5. The van der Waals surface area contributed by atoms with Gasteiger partial charge in [-0.15, -0.1) is 0 Å². The highest BCUT2D eigenvalue weighted by atomic mass is 35.5. The summed E-state index contributed by atoms with van der Waals surface area (Å²) >= 11 is 12.0. The normalized spacial score (nSPS) is 18.8. The molecule has 4 rings (SSSR count). The van der Waals surface area contributed by atoms with Crippen LogP contribution in [0.15, 0.2) is 18.2 Å². The molecule has 0 bridgehead atoms. The molecule has 2 aromatic rings. The number of hydrogen-bond acceptors (Lipinski definition) is 6. The average molecular weight is 435 g/mol. The maximum absolute atomic E-state index is 12.9. The van der Waals surface area contributed by atoms with Crippen LogP contribution < -0.4 is 21.3 Å². The molecule has 29 heavy (non-hydrogen) atoms. The molecular weight excluding hydrogens is 415 g/mol. The molecule has 4 N–H and O–H groups in total. The Labute approximate surface area is 177 Å². The van der Waals surface area contributed by atoms with E-state index in [0.717, 1.165) is 25.9 Å². The number of rotatable bonds is 3. The summed E-state index contributed by atoms with van der Waals surface area (Å²) in [6.07, 6.45) is 3.23. The van der Waals surface area contributed by atoms with Crippen LogP contribution in [0, 0.1) is 0 Å². The van der Waals surface area contributed by atoms with Crippen LogP contribution in [0.25, 0.3) is 0 Å². The van der Waals surface area contributed by atoms with Crippen LogP contribution in [0.2, 0.25) is 10.0 Å². The minimum Gasteiger partial charge on any atom is -0.383 e. The largest absolute Gasteiger partial charge is 0.383 e. The highest BCUT2D eigenvalue weighted by molar-refractivity contribution is 6.36. The van der Waals surface area contributed by atoms with Crippen LogP contribution in [0.5, 0.6) is 0 Å². The number of anilines is 4. The number of nitrogens with one attached hydrogen (secondary N) is 2. The van der Waals surface area contributed by atoms with Crippen molar-refractivity contribution in [1.82, 2.24) is 9.97 Å². The highest BCUT2D eigenvalue weighted by Gasteiger charge is 2.35. The molecule has 0 saturated carbocycles. The Morgan fingerprint density at radius 2 is 1.97 bits per heavy atom. The second-order valence-corrected chi connectivity index (χ2v) is 7.98. The Balaban J connectivity index is 1.64. The number of hydrogen-bond donors (Lipinski definition) is 3. The predicted octanol–water partition coefficient (Wildman–Crippen LogP) is 3.42. The number of amides is 2. The number of carbonyl (C=O) groups is 2. The Kier molecular flexibility index (Phi) is 5.47. The molecule has 1 atom stereocenters. The van der Waals surface area contributed by atoms with Gasteiger partial charge < -0.3 is 21.3 Å². The van der Waals surface area contributed by atoms with Crippen molar-refractivity contribution in [2.45, 2.75) is 31.6 Å². The average Bonchev–Trinajstić information content (AvgIpc) is 2.69. The number of carbonyl (C=O) groups excluding carboxylic acids is 2. The molecule has 1 unspecified atom stereocenters. The fourth-order valence-electron chi connectivity index (χ4n) is 3.65. The van der Waals surface area contributed by atoms with E-state index in [-0.39, 0.29) is 24.0 Å². The van der Waals surface area contributed by atoms with E-state index in [2.05, 4.69) is 20.6 Å². The monoisotopic (exact) mass is 434 g/mol. The SMILES string of the molecule is Nc1nc(N2CCCCC2)nc2c1C(C(=O)Nc1ccc(Cl)cc1Cl)CC(=O)N2. The van der Waals surface area contributed by atoms with Crippen molar-refractivity contribution in [2.24, 2.45) is 0 Å². The summed E-state index contributed by atoms with van der Waals surface area (Å²) in [7, 11) is 0. The molecule has 0 radical (unpaired) electrons. The first kappa shape index (κ1) is 19.7. The molecule has 2 aliphatic rings. The van der Waals surface area contributed by atoms with Crippen LogP contribution in [-0.4, -0.2) is 34.9 Å². The van der Waals surface area contributed by atoms with Crippen molar-refractivity contribution >= 4 is 58.3 Å². The first-order valence-corrected chi connectivity index (χ1v) is 10.2. The van der Waals surface area contributed by atoms with E-state index >= 15 is 0 Å². The van der Waals surface area contributed by atoms with Crippen LogP contribution >= 0.6 is 23.2 Å². The maximum Gasteiger partial charge on any atom is 0.232 e. The number of nitrogens with two attached hydrogens (primary N) is 1. The molecule has 8 nitrogen and oxygen atoms in total. The van der Waals surface area contributed by atoms with Gasteiger partial charge in [0, 0.05) is 24.5 Å². The molecule has 1 fully saturated rings. The third kappa shape index (κ3) is 4.09. The molecule has 2 aliphatic heterocycles. The van der Waals surface area contributed by atoms with Crippen molar-refractivity contribution in [2.75, 3.05) is 34.4 Å². The van der Waals surface area contributed by atoms with Gasteiger partial charge in [-0.05, 0) is 37.5 Å². The number of benzene rings is 1. The summed E-state index contributed by atoms with van der Waals surface area (Å²) < 4.78 is 0. The smallest absolute Gasteiger partial charge is 0.232 e. The number of piperidine rings is 1. The number of aromatic nitrogens is 2. The second-order valence-electron chi connectivity index (χ2n) is 7.14. The molecule has 3 heterocycles. The second kappa shape index (κ2) is 8.04. The van der Waals surface area contributed by atoms with Crippen molar-refractivity contribution in [3.63, 3.8) is 0 Å². The standard InChI is InChI=1S/C19H20Cl2N6O2/c20-10-4-5-13(12(21)8-10)23-18(29)11-9-14(28)24-17-15(11)16(22)25-19(26-17)27-6-2-1-3-7-27/h4-5,8,11H,1-3,6-7,9H2,(H,23,29)(H3,22,24,25,26,28). The minimum atomic E-state index is -0.819. The molecule has 1 aromatic carbocycles. The summed E-state index contributed by atoms with van der Waals surface area (Å²) in [5, 5.41) is 6.23. The third-order valence-electron chi connectivity index (χ3n) is 5.10. The Bertz CT molecular complexity index is 977. The van der Waals surface area contributed by atoms with Gasteiger partial charge >= 0.3 is 0 Å². The van der Waals surface area contributed by atoms with Crippen molar-refractivity contribution in [3.8, 4) is 0 Å². The van der Waals surface area contributed by atoms with E-state index in [1.807, 2.05) is 4.90 Å². The van der Waals surface area contributed by atoms with Gasteiger partial charge in [0.2, 0.25) is 17.8 Å². The third-order valence-corrected chi connectivity index (χ3v) is 5.65. The van der Waals surface area contributed by atoms with Gasteiger partial charge in [0.1, 0.15) is 11.6 Å². The van der Waals surface area contributed by atoms with E-state index in [1.165, 1.54) is 12.5 Å². The topological polar surface area (TPSA) is 113 Å². The van der Waals surface area contributed by atoms with Crippen LogP contribution in [0.4, 0.5) is 23.3 Å². The van der Waals surface area contributed by atoms with Crippen LogP contribution in [-0.2, 0) is 9.59 Å². The number of fused-ring (bicyclic) bond motifs is 1. The van der Waals surface area contributed by atoms with Gasteiger partial charge in [-0.1, -0.05) is 23.2 Å². The molecule has 2 amide bonds. The number of nitrogens with zero attached hydrogens (tertiary/aromatic N) is 3. The lowest BCUT2D eigenvalue weighted by molar-refractivity contribution is -0.123. The van der Waals surface area contributed by atoms with E-state index in [9.17, 15) is 9.59 Å². The zero-order chi connectivity index (χ0) is 20.5. The van der Waals surface area contributed by atoms with Crippen molar-refractivity contribution in [1.29, 1.82) is 0 Å². The Hall–Kier alpha value is -2.58. The lowest BCUT2D eigenvalue weighted by Crippen LogP contribution is -2.35. The molecule has 10 heteroatoms. The van der Waals surface area contributed by atoms with Gasteiger partial charge in [0.25, 0.3) is 0 Å². The highest BCUT2D eigenvalue weighted by Crippen LogP contribution is 2.37. The summed E-state index contributed by atoms with van der Waals surface area (Å²) in [5.74, 6) is -0.576. The first-order valence-electron chi connectivity index (χ1n) is 9.40. The van der Waals surface area contributed by atoms with Gasteiger partial charge in [-0.25, -0.2) is 0 Å². The van der Waals surface area contributed by atoms with E-state index in [4.69, 9.17) is 28.9 Å². The van der Waals surface area contributed by atoms with E-state index in [0.29, 0.717) is 27.2 Å². The summed E-state index contributed by atoms with van der Waals surface area (Å²) in [4.78, 5) is 36.2. The fourth-order valence-corrected chi connectivity index (χ4v) is 4.11. The van der Waals surface area contributed by atoms with Gasteiger partial charge in [0.15, 0.2) is 0 Å². The number of halogens is 2. The Morgan fingerprint density at radius 3 is 2.69 bits per heavy atom. The van der Waals surface area contributed by atoms with Crippen LogP contribution in [0.1, 0.15) is 37.2 Å². The molecule has 0 spiro atoms. The summed E-state index contributed by atoms with van der Waals surface area (Å²) in [6.45, 7) is 1.68. The minimum absolute atomic E-state index is 0.0549. The molecule has 152 valence electrons. The van der Waals surface area contributed by atoms with Crippen LogP contribution in [0.3, 0.4) is 0 Å². The maximum atomic E-state index is 12.9. The molecular formula is C19H20Cl2N6O2.